The van der Waals surface area contributed by atoms with E-state index in [2.05, 4.69) is 0 Å². The Morgan fingerprint density at radius 2 is 2.00 bits per heavy atom. The fourth-order valence-electron chi connectivity index (χ4n) is 1.85. The smallest absolute Gasteiger partial charge is 0.416 e. The van der Waals surface area contributed by atoms with Crippen LogP contribution in [0, 0.1) is 0 Å². The third kappa shape index (κ3) is 4.15. The Hall–Kier alpha value is -1.72. The Labute approximate surface area is 109 Å². The van der Waals surface area contributed by atoms with Crippen molar-refractivity contribution in [2.75, 3.05) is 7.11 Å². The Morgan fingerprint density at radius 1 is 1.37 bits per heavy atom. The number of ether oxygens (including phenoxy) is 1. The van der Waals surface area contributed by atoms with Gasteiger partial charge in [0, 0.05) is 0 Å². The van der Waals surface area contributed by atoms with Gasteiger partial charge in [-0.1, -0.05) is 6.92 Å². The first-order chi connectivity index (χ1) is 8.77. The highest BCUT2D eigenvalue weighted by molar-refractivity contribution is 5.68. The molecule has 1 aromatic rings. The van der Waals surface area contributed by atoms with E-state index in [1.165, 1.54) is 13.2 Å². The number of alkyl halides is 3. The minimum atomic E-state index is -4.48. The van der Waals surface area contributed by atoms with Crippen molar-refractivity contribution in [1.29, 1.82) is 0 Å². The van der Waals surface area contributed by atoms with Gasteiger partial charge in [0.15, 0.2) is 0 Å². The van der Waals surface area contributed by atoms with Gasteiger partial charge in [-0.3, -0.25) is 4.79 Å². The molecule has 19 heavy (non-hydrogen) atoms. The number of halogens is 3. The number of hydrogen-bond donors (Lipinski definition) is 1. The zero-order valence-corrected chi connectivity index (χ0v) is 10.6. The number of hydrogen-bond acceptors (Lipinski definition) is 2. The SMILES string of the molecule is CCC(CC(=O)O)c1cc(OC)cc(C(F)(F)F)c1. The maximum atomic E-state index is 12.7. The zero-order chi connectivity index (χ0) is 14.6. The van der Waals surface area contributed by atoms with Gasteiger partial charge in [-0.25, -0.2) is 0 Å². The van der Waals surface area contributed by atoms with Gasteiger partial charge in [0.05, 0.1) is 19.1 Å². The van der Waals surface area contributed by atoms with E-state index in [4.69, 9.17) is 9.84 Å². The van der Waals surface area contributed by atoms with Crippen LogP contribution in [0.15, 0.2) is 18.2 Å². The molecule has 0 bridgehead atoms. The molecule has 0 heterocycles. The predicted molar refractivity (Wildman–Crippen MR) is 63.3 cm³/mol. The summed E-state index contributed by atoms with van der Waals surface area (Å²) in [6, 6.07) is 3.34. The second kappa shape index (κ2) is 5.95. The lowest BCUT2D eigenvalue weighted by Gasteiger charge is -2.17. The van der Waals surface area contributed by atoms with Gasteiger partial charge < -0.3 is 9.84 Å². The van der Waals surface area contributed by atoms with Crippen LogP contribution in [0.4, 0.5) is 13.2 Å². The average molecular weight is 276 g/mol. The number of carboxylic acid groups (broad SMARTS) is 1. The van der Waals surface area contributed by atoms with Crippen molar-refractivity contribution >= 4 is 5.97 Å². The summed E-state index contributed by atoms with van der Waals surface area (Å²) in [5.74, 6) is -1.43. The average Bonchev–Trinajstić information content (AvgIpc) is 2.34. The molecule has 0 aromatic heterocycles. The molecule has 1 atom stereocenters. The summed E-state index contributed by atoms with van der Waals surface area (Å²) >= 11 is 0. The number of benzene rings is 1. The van der Waals surface area contributed by atoms with Crippen molar-refractivity contribution in [2.24, 2.45) is 0 Å². The Balaban J connectivity index is 3.22. The molecule has 1 N–H and O–H groups in total. The molecule has 0 saturated heterocycles. The summed E-state index contributed by atoms with van der Waals surface area (Å²) in [5, 5.41) is 8.78. The fraction of sp³-hybridized carbons (Fsp3) is 0.462. The summed E-state index contributed by atoms with van der Waals surface area (Å²) in [7, 11) is 1.28. The highest BCUT2D eigenvalue weighted by atomic mass is 19.4. The number of rotatable bonds is 5. The van der Waals surface area contributed by atoms with E-state index in [0.717, 1.165) is 12.1 Å². The van der Waals surface area contributed by atoms with E-state index < -0.39 is 23.6 Å². The molecule has 0 saturated carbocycles. The first kappa shape index (κ1) is 15.3. The largest absolute Gasteiger partial charge is 0.497 e. The minimum Gasteiger partial charge on any atom is -0.497 e. The molecule has 0 aliphatic rings. The van der Waals surface area contributed by atoms with Gasteiger partial charge in [0.1, 0.15) is 5.75 Å². The molecule has 0 amide bonds. The van der Waals surface area contributed by atoms with Crippen molar-refractivity contribution in [3.8, 4) is 5.75 Å². The molecule has 0 radical (unpaired) electrons. The second-order valence-corrected chi connectivity index (χ2v) is 4.20. The van der Waals surface area contributed by atoms with Gasteiger partial charge >= 0.3 is 12.1 Å². The summed E-state index contributed by atoms with van der Waals surface area (Å²) in [4.78, 5) is 10.7. The van der Waals surface area contributed by atoms with Crippen LogP contribution in [0.25, 0.3) is 0 Å². The Kier molecular flexibility index (Phi) is 4.80. The predicted octanol–water partition coefficient (Wildman–Crippen LogP) is 3.68. The third-order valence-electron chi connectivity index (χ3n) is 2.88. The molecule has 0 fully saturated rings. The topological polar surface area (TPSA) is 46.5 Å². The quantitative estimate of drug-likeness (QED) is 0.892. The molecule has 6 heteroatoms. The van der Waals surface area contributed by atoms with E-state index in [0.29, 0.717) is 12.0 Å². The highest BCUT2D eigenvalue weighted by Crippen LogP contribution is 2.35. The molecule has 1 aromatic carbocycles. The summed E-state index contributed by atoms with van der Waals surface area (Å²) in [6.45, 7) is 1.74. The van der Waals surface area contributed by atoms with E-state index in [1.54, 1.807) is 6.92 Å². The lowest BCUT2D eigenvalue weighted by molar-refractivity contribution is -0.138. The number of carbonyl (C=O) groups is 1. The van der Waals surface area contributed by atoms with E-state index >= 15 is 0 Å². The van der Waals surface area contributed by atoms with Gasteiger partial charge in [0.25, 0.3) is 0 Å². The number of methoxy groups -OCH3 is 1. The molecule has 106 valence electrons. The van der Waals surface area contributed by atoms with Gasteiger partial charge in [-0.05, 0) is 36.1 Å². The molecule has 0 aliphatic heterocycles. The van der Waals surface area contributed by atoms with E-state index in [9.17, 15) is 18.0 Å². The lowest BCUT2D eigenvalue weighted by atomic mass is 9.91. The van der Waals surface area contributed by atoms with Crippen LogP contribution < -0.4 is 4.74 Å². The molecular weight excluding hydrogens is 261 g/mol. The summed E-state index contributed by atoms with van der Waals surface area (Å²) < 4.78 is 43.1. The minimum absolute atomic E-state index is 0.0775. The summed E-state index contributed by atoms with van der Waals surface area (Å²) in [6.07, 6.45) is -4.25. The monoisotopic (exact) mass is 276 g/mol. The fourth-order valence-corrected chi connectivity index (χ4v) is 1.85. The van der Waals surface area contributed by atoms with E-state index in [1.807, 2.05) is 0 Å². The second-order valence-electron chi connectivity index (χ2n) is 4.20. The van der Waals surface area contributed by atoms with Crippen LogP contribution in [-0.4, -0.2) is 18.2 Å². The normalized spacial score (nSPS) is 13.1. The zero-order valence-electron chi connectivity index (χ0n) is 10.6. The standard InChI is InChI=1S/C13H15F3O3/c1-3-8(6-12(17)18)9-4-10(13(14,15)16)7-11(5-9)19-2/h4-5,7-8H,3,6H2,1-2H3,(H,17,18). The molecule has 3 nitrogen and oxygen atoms in total. The molecule has 1 unspecified atom stereocenters. The van der Waals surface area contributed by atoms with Gasteiger partial charge in [0.2, 0.25) is 0 Å². The molecule has 0 spiro atoms. The Morgan fingerprint density at radius 3 is 2.42 bits per heavy atom. The van der Waals surface area contributed by atoms with Crippen LogP contribution in [0.2, 0.25) is 0 Å². The van der Waals surface area contributed by atoms with Gasteiger partial charge in [-0.15, -0.1) is 0 Å². The van der Waals surface area contributed by atoms with Crippen LogP contribution >= 0.6 is 0 Å². The molecular formula is C13H15F3O3. The van der Waals surface area contributed by atoms with Crippen molar-refractivity contribution in [3.05, 3.63) is 29.3 Å². The first-order valence-electron chi connectivity index (χ1n) is 5.75. The number of aliphatic carboxylic acids is 1. The van der Waals surface area contributed by atoms with Crippen LogP contribution in [0.3, 0.4) is 0 Å². The highest BCUT2D eigenvalue weighted by Gasteiger charge is 2.32. The lowest BCUT2D eigenvalue weighted by Crippen LogP contribution is -2.10. The molecule has 0 aliphatic carbocycles. The van der Waals surface area contributed by atoms with Crippen LogP contribution in [0.5, 0.6) is 5.75 Å². The maximum Gasteiger partial charge on any atom is 0.416 e. The van der Waals surface area contributed by atoms with E-state index in [-0.39, 0.29) is 12.2 Å². The number of carboxylic acids is 1. The van der Waals surface area contributed by atoms with Crippen molar-refractivity contribution in [2.45, 2.75) is 31.9 Å². The van der Waals surface area contributed by atoms with Crippen molar-refractivity contribution in [3.63, 3.8) is 0 Å². The summed E-state index contributed by atoms with van der Waals surface area (Å²) in [5.41, 5.74) is -0.498. The Bertz CT molecular complexity index is 455. The van der Waals surface area contributed by atoms with Crippen molar-refractivity contribution in [1.82, 2.24) is 0 Å². The van der Waals surface area contributed by atoms with Gasteiger partial charge in [-0.2, -0.15) is 13.2 Å². The van der Waals surface area contributed by atoms with Crippen LogP contribution in [0.1, 0.15) is 36.8 Å². The van der Waals surface area contributed by atoms with Crippen LogP contribution in [-0.2, 0) is 11.0 Å². The molecule has 1 rings (SSSR count). The third-order valence-corrected chi connectivity index (χ3v) is 2.88. The maximum absolute atomic E-state index is 12.7. The van der Waals surface area contributed by atoms with Crippen molar-refractivity contribution < 1.29 is 27.8 Å². The first-order valence-corrected chi connectivity index (χ1v) is 5.75.